The second-order valence-electron chi connectivity index (χ2n) is 6.49. The van der Waals surface area contributed by atoms with E-state index in [1.807, 2.05) is 20.8 Å². The number of nitrogens with zero attached hydrogens (tertiary/aromatic N) is 4. The molecule has 2 saturated heterocycles. The summed E-state index contributed by atoms with van der Waals surface area (Å²) in [4.78, 5) is 24.8. The SMILES string of the molecule is CCNC(=O)[C@H]1O[C@@H](n2cnc3c(N)ncnc32)[C@@H]2OC(C)(C)O[C@@H]21. The Labute approximate surface area is 143 Å². The number of aromatic nitrogens is 4. The Morgan fingerprint density at radius 1 is 1.32 bits per heavy atom. The van der Waals surface area contributed by atoms with Crippen LogP contribution in [0.4, 0.5) is 5.82 Å². The quantitative estimate of drug-likeness (QED) is 0.791. The van der Waals surface area contributed by atoms with Crippen LogP contribution in [0, 0.1) is 0 Å². The molecule has 1 amide bonds. The van der Waals surface area contributed by atoms with Gasteiger partial charge in [0, 0.05) is 6.54 Å². The number of amides is 1. The van der Waals surface area contributed by atoms with Crippen LogP contribution in [0.2, 0.25) is 0 Å². The summed E-state index contributed by atoms with van der Waals surface area (Å²) in [7, 11) is 0. The number of fused-ring (bicyclic) bond motifs is 2. The molecule has 0 unspecified atom stereocenters. The van der Waals surface area contributed by atoms with Crippen molar-refractivity contribution in [1.82, 2.24) is 24.8 Å². The van der Waals surface area contributed by atoms with Crippen LogP contribution in [0.3, 0.4) is 0 Å². The zero-order valence-corrected chi connectivity index (χ0v) is 14.2. The summed E-state index contributed by atoms with van der Waals surface area (Å²) in [6.45, 7) is 5.97. The zero-order chi connectivity index (χ0) is 17.8. The van der Waals surface area contributed by atoms with Gasteiger partial charge in [-0.3, -0.25) is 9.36 Å². The number of anilines is 1. The largest absolute Gasteiger partial charge is 0.382 e. The molecule has 2 aromatic heterocycles. The second-order valence-corrected chi connectivity index (χ2v) is 6.49. The minimum Gasteiger partial charge on any atom is -0.382 e. The van der Waals surface area contributed by atoms with E-state index in [4.69, 9.17) is 19.9 Å². The van der Waals surface area contributed by atoms with E-state index in [-0.39, 0.29) is 11.7 Å². The van der Waals surface area contributed by atoms with Gasteiger partial charge in [0.05, 0.1) is 6.33 Å². The predicted octanol–water partition coefficient (Wildman–Crippen LogP) is -0.0379. The van der Waals surface area contributed by atoms with Crippen molar-refractivity contribution < 1.29 is 19.0 Å². The minimum absolute atomic E-state index is 0.236. The molecule has 4 atom stereocenters. The van der Waals surface area contributed by atoms with Crippen molar-refractivity contribution in [2.45, 2.75) is 51.1 Å². The summed E-state index contributed by atoms with van der Waals surface area (Å²) >= 11 is 0. The molecule has 134 valence electrons. The monoisotopic (exact) mass is 348 g/mol. The fourth-order valence-electron chi connectivity index (χ4n) is 3.34. The molecule has 0 spiro atoms. The lowest BCUT2D eigenvalue weighted by atomic mass is 10.1. The average molecular weight is 348 g/mol. The standard InChI is InChI=1S/C15H20N6O4/c1-4-17-13(22)9-8-10(25-15(2,3)24-8)14(23-9)21-6-20-7-11(16)18-5-19-12(7)21/h5-6,8-10,14H,4H2,1-3H3,(H,17,22)(H2,16,18,19)/t8-,9+,10-,14-/m1/s1. The Balaban J connectivity index is 1.73. The topological polar surface area (TPSA) is 126 Å². The fourth-order valence-corrected chi connectivity index (χ4v) is 3.34. The Morgan fingerprint density at radius 3 is 2.84 bits per heavy atom. The molecule has 0 saturated carbocycles. The number of rotatable bonds is 3. The summed E-state index contributed by atoms with van der Waals surface area (Å²) in [5, 5.41) is 2.77. The van der Waals surface area contributed by atoms with Gasteiger partial charge in [0.2, 0.25) is 0 Å². The molecule has 25 heavy (non-hydrogen) atoms. The molecule has 10 nitrogen and oxygen atoms in total. The van der Waals surface area contributed by atoms with Gasteiger partial charge in [0.1, 0.15) is 24.1 Å². The van der Waals surface area contributed by atoms with E-state index >= 15 is 0 Å². The number of hydrogen-bond acceptors (Lipinski definition) is 8. The smallest absolute Gasteiger partial charge is 0.252 e. The van der Waals surface area contributed by atoms with Gasteiger partial charge in [0.25, 0.3) is 5.91 Å². The van der Waals surface area contributed by atoms with Crippen LogP contribution in [0.15, 0.2) is 12.7 Å². The normalized spacial score (nSPS) is 30.5. The molecule has 0 radical (unpaired) electrons. The van der Waals surface area contributed by atoms with Crippen LogP contribution in [0.1, 0.15) is 27.0 Å². The molecule has 2 aromatic rings. The van der Waals surface area contributed by atoms with Crippen LogP contribution in [-0.4, -0.2) is 56.1 Å². The first-order valence-corrected chi connectivity index (χ1v) is 8.13. The van der Waals surface area contributed by atoms with Crippen molar-refractivity contribution in [3.63, 3.8) is 0 Å². The third kappa shape index (κ3) is 2.53. The Morgan fingerprint density at radius 2 is 2.08 bits per heavy atom. The Bertz CT molecular complexity index is 821. The summed E-state index contributed by atoms with van der Waals surface area (Å²) in [5.74, 6) is -0.769. The van der Waals surface area contributed by atoms with E-state index in [1.165, 1.54) is 6.33 Å². The maximum absolute atomic E-state index is 12.4. The molecule has 0 aromatic carbocycles. The highest BCUT2D eigenvalue weighted by Crippen LogP contribution is 2.43. The predicted molar refractivity (Wildman–Crippen MR) is 86.2 cm³/mol. The van der Waals surface area contributed by atoms with Crippen molar-refractivity contribution in [3.8, 4) is 0 Å². The number of likely N-dealkylation sites (N-methyl/N-ethyl adjacent to an activating group) is 1. The number of nitrogens with one attached hydrogen (secondary N) is 1. The van der Waals surface area contributed by atoms with Crippen molar-refractivity contribution in [2.75, 3.05) is 12.3 Å². The first kappa shape index (κ1) is 16.2. The van der Waals surface area contributed by atoms with Crippen LogP contribution in [-0.2, 0) is 19.0 Å². The van der Waals surface area contributed by atoms with Gasteiger partial charge < -0.3 is 25.3 Å². The fraction of sp³-hybridized carbons (Fsp3) is 0.600. The maximum Gasteiger partial charge on any atom is 0.252 e. The molecule has 3 N–H and O–H groups in total. The molecule has 10 heteroatoms. The second kappa shape index (κ2) is 5.61. The first-order valence-electron chi connectivity index (χ1n) is 8.13. The summed E-state index contributed by atoms with van der Waals surface area (Å²) in [6.07, 6.45) is 0.526. The lowest BCUT2D eigenvalue weighted by Gasteiger charge is -2.24. The van der Waals surface area contributed by atoms with Gasteiger partial charge in [-0.15, -0.1) is 0 Å². The molecular weight excluding hydrogens is 328 g/mol. The van der Waals surface area contributed by atoms with Crippen LogP contribution in [0.25, 0.3) is 11.2 Å². The van der Waals surface area contributed by atoms with E-state index in [9.17, 15) is 4.79 Å². The zero-order valence-electron chi connectivity index (χ0n) is 14.2. The van der Waals surface area contributed by atoms with Crippen molar-refractivity contribution in [1.29, 1.82) is 0 Å². The number of hydrogen-bond donors (Lipinski definition) is 2. The lowest BCUT2D eigenvalue weighted by molar-refractivity contribution is -0.197. The highest BCUT2D eigenvalue weighted by atomic mass is 16.8. The third-order valence-corrected chi connectivity index (χ3v) is 4.30. The molecule has 2 fully saturated rings. The third-order valence-electron chi connectivity index (χ3n) is 4.30. The van der Waals surface area contributed by atoms with Crippen molar-refractivity contribution >= 4 is 22.9 Å². The first-order chi connectivity index (χ1) is 11.9. The van der Waals surface area contributed by atoms with Crippen LogP contribution >= 0.6 is 0 Å². The molecule has 0 aliphatic carbocycles. The number of nitrogen functional groups attached to an aromatic ring is 1. The number of imidazole rings is 1. The van der Waals surface area contributed by atoms with Crippen molar-refractivity contribution in [2.24, 2.45) is 0 Å². The highest BCUT2D eigenvalue weighted by Gasteiger charge is 2.58. The summed E-state index contributed by atoms with van der Waals surface area (Å²) in [6, 6.07) is 0. The number of carbonyl (C=O) groups excluding carboxylic acids is 1. The maximum atomic E-state index is 12.4. The minimum atomic E-state index is -0.813. The number of nitrogens with two attached hydrogens (primary N) is 1. The summed E-state index contributed by atoms with van der Waals surface area (Å²) in [5.41, 5.74) is 6.83. The van der Waals surface area contributed by atoms with E-state index in [0.29, 0.717) is 17.7 Å². The molecule has 2 aliphatic rings. The molecule has 2 aliphatic heterocycles. The Kier molecular flexibility index (Phi) is 3.63. The average Bonchev–Trinajstić information content (AvgIpc) is 3.18. The number of carbonyl (C=O) groups is 1. The van der Waals surface area contributed by atoms with Gasteiger partial charge in [-0.25, -0.2) is 15.0 Å². The van der Waals surface area contributed by atoms with Gasteiger partial charge in [-0.2, -0.15) is 0 Å². The lowest BCUT2D eigenvalue weighted by Crippen LogP contribution is -2.42. The van der Waals surface area contributed by atoms with Gasteiger partial charge >= 0.3 is 0 Å². The van der Waals surface area contributed by atoms with Gasteiger partial charge in [-0.05, 0) is 20.8 Å². The molecule has 0 bridgehead atoms. The summed E-state index contributed by atoms with van der Waals surface area (Å²) < 4.78 is 19.6. The van der Waals surface area contributed by atoms with Crippen LogP contribution < -0.4 is 11.1 Å². The van der Waals surface area contributed by atoms with Crippen LogP contribution in [0.5, 0.6) is 0 Å². The number of ether oxygens (including phenoxy) is 3. The van der Waals surface area contributed by atoms with E-state index in [2.05, 4.69) is 20.3 Å². The van der Waals surface area contributed by atoms with Crippen molar-refractivity contribution in [3.05, 3.63) is 12.7 Å². The molecular formula is C15H20N6O4. The van der Waals surface area contributed by atoms with Gasteiger partial charge in [-0.1, -0.05) is 0 Å². The van der Waals surface area contributed by atoms with E-state index in [1.54, 1.807) is 10.9 Å². The van der Waals surface area contributed by atoms with Gasteiger partial charge in [0.15, 0.2) is 29.6 Å². The highest BCUT2D eigenvalue weighted by molar-refractivity contribution is 5.82. The molecule has 4 heterocycles. The van der Waals surface area contributed by atoms with E-state index < -0.39 is 30.3 Å². The van der Waals surface area contributed by atoms with E-state index in [0.717, 1.165) is 0 Å². The molecule has 4 rings (SSSR count). The Hall–Kier alpha value is -2.30.